The molecule has 3 nitrogen and oxygen atoms in total. The molecule has 0 radical (unpaired) electrons. The zero-order valence-electron chi connectivity index (χ0n) is 14.5. The van der Waals surface area contributed by atoms with E-state index in [1.54, 1.807) is 12.1 Å². The molecular weight excluding hydrogens is 310 g/mol. The molecule has 3 aromatic carbocycles. The van der Waals surface area contributed by atoms with Gasteiger partial charge in [0.15, 0.2) is 0 Å². The molecule has 0 atom stereocenters. The Morgan fingerprint density at radius 3 is 2.40 bits per heavy atom. The van der Waals surface area contributed by atoms with Crippen molar-refractivity contribution in [3.63, 3.8) is 0 Å². The number of rotatable bonds is 4. The van der Waals surface area contributed by atoms with Gasteiger partial charge in [-0.3, -0.25) is 4.79 Å². The predicted molar refractivity (Wildman–Crippen MR) is 102 cm³/mol. The lowest BCUT2D eigenvalue weighted by Crippen LogP contribution is -2.12. The number of carbonyl (C=O) groups is 1. The summed E-state index contributed by atoms with van der Waals surface area (Å²) in [6, 6.07) is 17.8. The number of hydrogen-bond donors (Lipinski definition) is 1. The summed E-state index contributed by atoms with van der Waals surface area (Å²) in [6.45, 7) is 3.96. The quantitative estimate of drug-likeness (QED) is 0.732. The fourth-order valence-corrected chi connectivity index (χ4v) is 3.51. The molecule has 0 spiro atoms. The monoisotopic (exact) mass is 331 g/mol. The van der Waals surface area contributed by atoms with Crippen molar-refractivity contribution in [2.45, 2.75) is 32.8 Å². The molecule has 1 amide bonds. The molecule has 0 aromatic heterocycles. The van der Waals surface area contributed by atoms with E-state index in [9.17, 15) is 4.79 Å². The maximum Gasteiger partial charge on any atom is 0.255 e. The Bertz CT molecular complexity index is 932. The first-order chi connectivity index (χ1) is 12.1. The summed E-state index contributed by atoms with van der Waals surface area (Å²) >= 11 is 0. The van der Waals surface area contributed by atoms with Crippen molar-refractivity contribution in [3.8, 4) is 5.75 Å². The number of anilines is 1. The molecule has 0 aliphatic heterocycles. The third-order valence-electron chi connectivity index (χ3n) is 4.61. The molecule has 1 N–H and O–H groups in total. The van der Waals surface area contributed by atoms with E-state index in [1.165, 1.54) is 16.5 Å². The van der Waals surface area contributed by atoms with Crippen molar-refractivity contribution in [1.82, 2.24) is 0 Å². The third-order valence-corrected chi connectivity index (χ3v) is 4.61. The van der Waals surface area contributed by atoms with Gasteiger partial charge < -0.3 is 10.1 Å². The molecule has 0 saturated heterocycles. The van der Waals surface area contributed by atoms with Crippen LogP contribution in [0.4, 0.5) is 5.69 Å². The number of carbonyl (C=O) groups excluding carboxylic acids is 1. The van der Waals surface area contributed by atoms with Crippen LogP contribution in [0.25, 0.3) is 10.8 Å². The SMILES string of the molecule is CC(C)Oc1ccc(C(=O)Nc2ccc3c4c(cccc24)CC3)cc1. The molecule has 1 aliphatic carbocycles. The highest BCUT2D eigenvalue weighted by Gasteiger charge is 2.17. The van der Waals surface area contributed by atoms with E-state index in [2.05, 4.69) is 29.6 Å². The van der Waals surface area contributed by atoms with Crippen LogP contribution in [0, 0.1) is 0 Å². The average molecular weight is 331 g/mol. The Hall–Kier alpha value is -2.81. The average Bonchev–Trinajstić information content (AvgIpc) is 3.02. The van der Waals surface area contributed by atoms with Crippen LogP contribution in [0.1, 0.15) is 35.3 Å². The van der Waals surface area contributed by atoms with Gasteiger partial charge >= 0.3 is 0 Å². The van der Waals surface area contributed by atoms with E-state index in [4.69, 9.17) is 4.74 Å². The Morgan fingerprint density at radius 2 is 1.68 bits per heavy atom. The van der Waals surface area contributed by atoms with Gasteiger partial charge in [0.1, 0.15) is 5.75 Å². The van der Waals surface area contributed by atoms with Crippen LogP contribution in [0.15, 0.2) is 54.6 Å². The van der Waals surface area contributed by atoms with Gasteiger partial charge in [-0.15, -0.1) is 0 Å². The van der Waals surface area contributed by atoms with Gasteiger partial charge in [0.05, 0.1) is 6.10 Å². The Balaban J connectivity index is 1.60. The normalized spacial score (nSPS) is 12.6. The van der Waals surface area contributed by atoms with Crippen molar-refractivity contribution in [3.05, 3.63) is 71.3 Å². The molecular formula is C22H21NO2. The minimum Gasteiger partial charge on any atom is -0.491 e. The lowest BCUT2D eigenvalue weighted by Gasteiger charge is -2.12. The first kappa shape index (κ1) is 15.7. The van der Waals surface area contributed by atoms with Crippen molar-refractivity contribution in [1.29, 1.82) is 0 Å². The summed E-state index contributed by atoms with van der Waals surface area (Å²) in [5.41, 5.74) is 4.24. The molecule has 1 aliphatic rings. The maximum absolute atomic E-state index is 12.6. The second-order valence-electron chi connectivity index (χ2n) is 6.76. The summed E-state index contributed by atoms with van der Waals surface area (Å²) in [6.07, 6.45) is 2.29. The highest BCUT2D eigenvalue weighted by atomic mass is 16.5. The fraction of sp³-hybridized carbons (Fsp3) is 0.227. The number of aryl methyl sites for hydroxylation is 2. The zero-order valence-corrected chi connectivity index (χ0v) is 14.5. The fourth-order valence-electron chi connectivity index (χ4n) is 3.51. The van der Waals surface area contributed by atoms with Gasteiger partial charge in [-0.25, -0.2) is 0 Å². The predicted octanol–water partition coefficient (Wildman–Crippen LogP) is 4.98. The van der Waals surface area contributed by atoms with Gasteiger partial charge in [-0.05, 0) is 73.5 Å². The minimum absolute atomic E-state index is 0.102. The zero-order chi connectivity index (χ0) is 17.4. The molecule has 126 valence electrons. The van der Waals surface area contributed by atoms with Gasteiger partial charge in [0.25, 0.3) is 5.91 Å². The van der Waals surface area contributed by atoms with E-state index in [1.807, 2.05) is 32.0 Å². The maximum atomic E-state index is 12.6. The smallest absolute Gasteiger partial charge is 0.255 e. The van der Waals surface area contributed by atoms with Crippen molar-refractivity contribution in [2.24, 2.45) is 0 Å². The second-order valence-corrected chi connectivity index (χ2v) is 6.76. The Kier molecular flexibility index (Phi) is 3.92. The van der Waals surface area contributed by atoms with Crippen LogP contribution in [0.5, 0.6) is 5.75 Å². The molecule has 3 aromatic rings. The van der Waals surface area contributed by atoms with Gasteiger partial charge in [-0.2, -0.15) is 0 Å². The summed E-state index contributed by atoms with van der Waals surface area (Å²) in [5.74, 6) is 0.673. The Morgan fingerprint density at radius 1 is 0.960 bits per heavy atom. The van der Waals surface area contributed by atoms with E-state index in [0.29, 0.717) is 5.56 Å². The van der Waals surface area contributed by atoms with Crippen molar-refractivity contribution < 1.29 is 9.53 Å². The largest absolute Gasteiger partial charge is 0.491 e. The molecule has 0 unspecified atom stereocenters. The van der Waals surface area contributed by atoms with E-state index >= 15 is 0 Å². The summed E-state index contributed by atoms with van der Waals surface area (Å²) in [7, 11) is 0. The topological polar surface area (TPSA) is 38.3 Å². The summed E-state index contributed by atoms with van der Waals surface area (Å²) in [4.78, 5) is 12.6. The third kappa shape index (κ3) is 2.98. The molecule has 0 saturated carbocycles. The minimum atomic E-state index is -0.102. The first-order valence-electron chi connectivity index (χ1n) is 8.73. The van der Waals surface area contributed by atoms with Crippen molar-refractivity contribution >= 4 is 22.4 Å². The Labute approximate surface area is 147 Å². The van der Waals surface area contributed by atoms with Crippen LogP contribution in [-0.2, 0) is 12.8 Å². The van der Waals surface area contributed by atoms with Crippen LogP contribution in [0.2, 0.25) is 0 Å². The molecule has 0 fully saturated rings. The van der Waals surface area contributed by atoms with E-state index < -0.39 is 0 Å². The number of nitrogens with one attached hydrogen (secondary N) is 1. The standard InChI is InChI=1S/C22H21NO2/c1-14(2)25-18-11-8-17(9-12-18)22(24)23-20-13-10-16-7-6-15-4-3-5-19(20)21(15)16/h3-5,8-14H,6-7H2,1-2H3,(H,23,24). The number of ether oxygens (including phenoxy) is 1. The lowest BCUT2D eigenvalue weighted by atomic mass is 10.0. The van der Waals surface area contributed by atoms with Gasteiger partial charge in [-0.1, -0.05) is 24.3 Å². The molecule has 3 heteroatoms. The van der Waals surface area contributed by atoms with E-state index in [-0.39, 0.29) is 12.0 Å². The van der Waals surface area contributed by atoms with Crippen LogP contribution >= 0.6 is 0 Å². The van der Waals surface area contributed by atoms with Gasteiger partial charge in [0, 0.05) is 16.6 Å². The second kappa shape index (κ2) is 6.25. The van der Waals surface area contributed by atoms with Crippen molar-refractivity contribution in [2.75, 3.05) is 5.32 Å². The molecule has 0 heterocycles. The van der Waals surface area contributed by atoms with Gasteiger partial charge in [0.2, 0.25) is 0 Å². The molecule has 25 heavy (non-hydrogen) atoms. The van der Waals surface area contributed by atoms with E-state index in [0.717, 1.165) is 29.7 Å². The molecule has 4 rings (SSSR count). The first-order valence-corrected chi connectivity index (χ1v) is 8.73. The van der Waals surface area contributed by atoms with Crippen LogP contribution < -0.4 is 10.1 Å². The highest BCUT2D eigenvalue weighted by Crippen LogP contribution is 2.35. The molecule has 0 bridgehead atoms. The lowest BCUT2D eigenvalue weighted by molar-refractivity contribution is 0.102. The summed E-state index contributed by atoms with van der Waals surface area (Å²) < 4.78 is 5.63. The number of amides is 1. The summed E-state index contributed by atoms with van der Waals surface area (Å²) in [5, 5.41) is 5.50. The van der Waals surface area contributed by atoms with Crippen LogP contribution in [0.3, 0.4) is 0 Å². The number of benzene rings is 3. The van der Waals surface area contributed by atoms with Crippen LogP contribution in [-0.4, -0.2) is 12.0 Å². The number of hydrogen-bond acceptors (Lipinski definition) is 2. The highest BCUT2D eigenvalue weighted by molar-refractivity contribution is 6.10.